The molecule has 0 aliphatic heterocycles. The highest BCUT2D eigenvalue weighted by atomic mass is 32.2. The van der Waals surface area contributed by atoms with Crippen molar-refractivity contribution >= 4 is 21.4 Å². The molecule has 0 fully saturated rings. The number of rotatable bonds is 4. The third kappa shape index (κ3) is 4.34. The summed E-state index contributed by atoms with van der Waals surface area (Å²) in [7, 11) is -3.64. The molecule has 0 spiro atoms. The maximum atomic E-state index is 12.2. The van der Waals surface area contributed by atoms with E-state index < -0.39 is 10.0 Å². The Morgan fingerprint density at radius 3 is 2.90 bits per heavy atom. The van der Waals surface area contributed by atoms with Crippen LogP contribution in [0.5, 0.6) is 0 Å². The van der Waals surface area contributed by atoms with Gasteiger partial charge in [0, 0.05) is 23.3 Å². The molecular weight excluding hydrogens is 308 g/mol. The summed E-state index contributed by atoms with van der Waals surface area (Å²) in [6, 6.07) is 1.46. The van der Waals surface area contributed by atoms with Crippen LogP contribution >= 0.6 is 11.3 Å². The van der Waals surface area contributed by atoms with Crippen molar-refractivity contribution in [3.8, 4) is 11.8 Å². The van der Waals surface area contributed by atoms with Crippen LogP contribution in [0.4, 0.5) is 0 Å². The van der Waals surface area contributed by atoms with E-state index in [9.17, 15) is 8.42 Å². The molecule has 2 rings (SSSR count). The number of sulfonamides is 1. The number of nitrogens with two attached hydrogens (primary N) is 1. The van der Waals surface area contributed by atoms with Gasteiger partial charge in [-0.05, 0) is 13.0 Å². The monoisotopic (exact) mass is 322 g/mol. The van der Waals surface area contributed by atoms with Crippen molar-refractivity contribution in [2.75, 3.05) is 6.54 Å². The lowest BCUT2D eigenvalue weighted by atomic mass is 10.3. The van der Waals surface area contributed by atoms with E-state index >= 15 is 0 Å². The summed E-state index contributed by atoms with van der Waals surface area (Å²) < 4.78 is 26.9. The second-order valence-corrected chi connectivity index (χ2v) is 6.93. The molecule has 0 aliphatic carbocycles. The molecule has 0 bridgehead atoms. The van der Waals surface area contributed by atoms with Crippen molar-refractivity contribution in [2.24, 2.45) is 5.73 Å². The average molecular weight is 322 g/mol. The lowest BCUT2D eigenvalue weighted by Crippen LogP contribution is -2.23. The van der Waals surface area contributed by atoms with Gasteiger partial charge in [0.1, 0.15) is 4.90 Å². The maximum Gasteiger partial charge on any atom is 0.242 e. The van der Waals surface area contributed by atoms with E-state index in [2.05, 4.69) is 26.5 Å². The van der Waals surface area contributed by atoms with E-state index in [1.165, 1.54) is 29.8 Å². The van der Waals surface area contributed by atoms with E-state index in [1.54, 1.807) is 0 Å². The van der Waals surface area contributed by atoms with Crippen LogP contribution < -0.4 is 10.5 Å². The molecule has 2 heterocycles. The Labute approximate surface area is 127 Å². The Morgan fingerprint density at radius 2 is 2.24 bits per heavy atom. The van der Waals surface area contributed by atoms with Crippen molar-refractivity contribution in [2.45, 2.75) is 18.4 Å². The summed E-state index contributed by atoms with van der Waals surface area (Å²) in [6.45, 7) is 2.22. The van der Waals surface area contributed by atoms with Gasteiger partial charge in [0.2, 0.25) is 10.0 Å². The fourth-order valence-corrected chi connectivity index (χ4v) is 3.13. The topological polar surface area (TPSA) is 98.0 Å². The van der Waals surface area contributed by atoms with Crippen molar-refractivity contribution in [1.82, 2.24) is 14.7 Å². The molecule has 0 amide bonds. The number of pyridine rings is 1. The highest BCUT2D eigenvalue weighted by molar-refractivity contribution is 7.89. The van der Waals surface area contributed by atoms with Crippen molar-refractivity contribution in [1.29, 1.82) is 0 Å². The number of nitrogens with one attached hydrogen (secondary N) is 1. The quantitative estimate of drug-likeness (QED) is 0.805. The van der Waals surface area contributed by atoms with Crippen LogP contribution in [-0.2, 0) is 16.6 Å². The van der Waals surface area contributed by atoms with Crippen LogP contribution in [0.2, 0.25) is 0 Å². The van der Waals surface area contributed by atoms with E-state index in [0.717, 1.165) is 5.01 Å². The minimum absolute atomic E-state index is 0.0678. The van der Waals surface area contributed by atoms with Gasteiger partial charge in [0.15, 0.2) is 0 Å². The highest BCUT2D eigenvalue weighted by Crippen LogP contribution is 2.11. The molecule has 0 radical (unpaired) electrons. The SMILES string of the molecule is Cc1nc(CNS(=O)(=O)c2cncc(C#CCN)c2)cs1. The number of nitrogens with zero attached hydrogens (tertiary/aromatic N) is 2. The Bertz CT molecular complexity index is 788. The Morgan fingerprint density at radius 1 is 1.43 bits per heavy atom. The normalized spacial score (nSPS) is 11.0. The van der Waals surface area contributed by atoms with Crippen LogP contribution in [0.25, 0.3) is 0 Å². The predicted octanol–water partition coefficient (Wildman–Crippen LogP) is 0.635. The summed E-state index contributed by atoms with van der Waals surface area (Å²) in [6.07, 6.45) is 2.77. The first kappa shape index (κ1) is 15.6. The molecule has 3 N–H and O–H groups in total. The van der Waals surface area contributed by atoms with Crippen LogP contribution in [-0.4, -0.2) is 24.9 Å². The molecule has 8 heteroatoms. The van der Waals surface area contributed by atoms with Crippen LogP contribution in [0.15, 0.2) is 28.7 Å². The molecule has 2 aromatic rings. The van der Waals surface area contributed by atoms with Gasteiger partial charge in [0.05, 0.1) is 23.8 Å². The molecule has 0 saturated carbocycles. The standard InChI is InChI=1S/C13H14N4O2S2/c1-10-17-12(9-20-10)7-16-21(18,19)13-5-11(3-2-4-14)6-15-8-13/h5-6,8-9,16H,4,7,14H2,1H3. The molecule has 0 aliphatic rings. The molecule has 0 saturated heterocycles. The lowest BCUT2D eigenvalue weighted by molar-refractivity contribution is 0.580. The highest BCUT2D eigenvalue weighted by Gasteiger charge is 2.15. The van der Waals surface area contributed by atoms with Gasteiger partial charge in [-0.2, -0.15) is 0 Å². The Hall–Kier alpha value is -1.79. The Kier molecular flexibility index (Phi) is 5.03. The molecule has 0 unspecified atom stereocenters. The molecule has 6 nitrogen and oxygen atoms in total. The second kappa shape index (κ2) is 6.78. The minimum atomic E-state index is -3.64. The summed E-state index contributed by atoms with van der Waals surface area (Å²) in [5, 5.41) is 2.71. The van der Waals surface area contributed by atoms with Gasteiger partial charge in [-0.3, -0.25) is 4.98 Å². The summed E-state index contributed by atoms with van der Waals surface area (Å²) in [5.41, 5.74) is 6.48. The number of hydrogen-bond donors (Lipinski definition) is 2. The Balaban J connectivity index is 2.15. The van der Waals surface area contributed by atoms with Crippen LogP contribution in [0.1, 0.15) is 16.3 Å². The zero-order chi connectivity index (χ0) is 15.3. The van der Waals surface area contributed by atoms with E-state index in [-0.39, 0.29) is 18.0 Å². The van der Waals surface area contributed by atoms with Gasteiger partial charge >= 0.3 is 0 Å². The first-order valence-electron chi connectivity index (χ1n) is 6.06. The van der Waals surface area contributed by atoms with Crippen LogP contribution in [0, 0.1) is 18.8 Å². The smallest absolute Gasteiger partial charge is 0.242 e. The fourth-order valence-electron chi connectivity index (χ4n) is 1.53. The van der Waals surface area contributed by atoms with Gasteiger partial charge in [0.25, 0.3) is 0 Å². The van der Waals surface area contributed by atoms with Crippen LogP contribution in [0.3, 0.4) is 0 Å². The lowest BCUT2D eigenvalue weighted by Gasteiger charge is -2.05. The summed E-state index contributed by atoms with van der Waals surface area (Å²) >= 11 is 1.47. The summed E-state index contributed by atoms with van der Waals surface area (Å²) in [4.78, 5) is 8.16. The molecule has 0 atom stereocenters. The van der Waals surface area contributed by atoms with Gasteiger partial charge < -0.3 is 5.73 Å². The van der Waals surface area contributed by atoms with E-state index in [4.69, 9.17) is 5.73 Å². The molecule has 2 aromatic heterocycles. The van der Waals surface area contributed by atoms with E-state index in [1.807, 2.05) is 12.3 Å². The third-order valence-electron chi connectivity index (χ3n) is 2.47. The predicted molar refractivity (Wildman–Crippen MR) is 81.0 cm³/mol. The number of thiazole rings is 1. The maximum absolute atomic E-state index is 12.2. The summed E-state index contributed by atoms with van der Waals surface area (Å²) in [5.74, 6) is 5.41. The minimum Gasteiger partial charge on any atom is -0.320 e. The zero-order valence-corrected chi connectivity index (χ0v) is 13.0. The van der Waals surface area contributed by atoms with Gasteiger partial charge in [-0.1, -0.05) is 11.8 Å². The zero-order valence-electron chi connectivity index (χ0n) is 11.3. The number of aryl methyl sites for hydroxylation is 1. The molecule has 0 aromatic carbocycles. The van der Waals surface area contributed by atoms with Crippen molar-refractivity contribution in [3.05, 3.63) is 40.1 Å². The van der Waals surface area contributed by atoms with Crippen molar-refractivity contribution < 1.29 is 8.42 Å². The number of hydrogen-bond acceptors (Lipinski definition) is 6. The number of aromatic nitrogens is 2. The van der Waals surface area contributed by atoms with Gasteiger partial charge in [-0.25, -0.2) is 18.1 Å². The first-order valence-corrected chi connectivity index (χ1v) is 8.42. The first-order chi connectivity index (χ1) is 10.0. The molecular formula is C13H14N4O2S2. The molecule has 110 valence electrons. The van der Waals surface area contributed by atoms with Crippen molar-refractivity contribution in [3.63, 3.8) is 0 Å². The van der Waals surface area contributed by atoms with Gasteiger partial charge in [-0.15, -0.1) is 11.3 Å². The molecule has 21 heavy (non-hydrogen) atoms. The van der Waals surface area contributed by atoms with E-state index in [0.29, 0.717) is 11.3 Å². The fraction of sp³-hybridized carbons (Fsp3) is 0.231. The largest absolute Gasteiger partial charge is 0.320 e. The second-order valence-electron chi connectivity index (χ2n) is 4.10. The third-order valence-corrected chi connectivity index (χ3v) is 4.66. The average Bonchev–Trinajstić information content (AvgIpc) is 2.89.